The molecule has 1 aromatic carbocycles. The first kappa shape index (κ1) is 19.0. The average Bonchev–Trinajstić information content (AvgIpc) is 2.74. The molecule has 2 amide bonds. The first-order valence-corrected chi connectivity index (χ1v) is 7.67. The standard InChI is InChI=1S/C16H18F4N2O3/c17-15(18)9-22(10-16(15,19)20)14(25)21-12(6-7-13(23)24)8-11-4-2-1-3-5-11/h1-5,12H,6-10H2,(H,21,25)(H,23,24). The fourth-order valence-corrected chi connectivity index (χ4v) is 2.60. The summed E-state index contributed by atoms with van der Waals surface area (Å²) in [7, 11) is 0. The minimum atomic E-state index is -4.28. The van der Waals surface area contributed by atoms with Gasteiger partial charge in [-0.1, -0.05) is 30.3 Å². The van der Waals surface area contributed by atoms with E-state index in [1.807, 2.05) is 0 Å². The second-order valence-corrected chi connectivity index (χ2v) is 6.03. The van der Waals surface area contributed by atoms with E-state index < -0.39 is 43.0 Å². The fourth-order valence-electron chi connectivity index (χ4n) is 2.60. The maximum atomic E-state index is 13.2. The highest BCUT2D eigenvalue weighted by Crippen LogP contribution is 2.40. The number of carbonyl (C=O) groups is 2. The summed E-state index contributed by atoms with van der Waals surface area (Å²) in [5.74, 6) is -9.63. The van der Waals surface area contributed by atoms with Crippen LogP contribution in [0.1, 0.15) is 18.4 Å². The number of rotatable bonds is 6. The molecule has 2 N–H and O–H groups in total. The van der Waals surface area contributed by atoms with Gasteiger partial charge in [0.2, 0.25) is 0 Å². The molecule has 1 unspecified atom stereocenters. The van der Waals surface area contributed by atoms with Crippen LogP contribution in [0.4, 0.5) is 22.4 Å². The topological polar surface area (TPSA) is 69.6 Å². The third-order valence-corrected chi connectivity index (χ3v) is 3.96. The Morgan fingerprint density at radius 2 is 1.68 bits per heavy atom. The van der Waals surface area contributed by atoms with E-state index in [9.17, 15) is 27.2 Å². The number of urea groups is 1. The summed E-state index contributed by atoms with van der Waals surface area (Å²) in [4.78, 5) is 23.2. The van der Waals surface area contributed by atoms with Crippen LogP contribution in [0.15, 0.2) is 30.3 Å². The van der Waals surface area contributed by atoms with Gasteiger partial charge >= 0.3 is 23.8 Å². The lowest BCUT2D eigenvalue weighted by Crippen LogP contribution is -2.45. The largest absolute Gasteiger partial charge is 0.481 e. The van der Waals surface area contributed by atoms with Gasteiger partial charge in [-0.05, 0) is 18.4 Å². The monoisotopic (exact) mass is 362 g/mol. The Kier molecular flexibility index (Phi) is 5.54. The van der Waals surface area contributed by atoms with Gasteiger partial charge in [0.1, 0.15) is 0 Å². The molecule has 0 aromatic heterocycles. The van der Waals surface area contributed by atoms with Crippen molar-refractivity contribution in [1.82, 2.24) is 10.2 Å². The molecule has 0 radical (unpaired) electrons. The molecule has 0 bridgehead atoms. The molecular formula is C16H18F4N2O3. The predicted octanol–water partition coefficient (Wildman–Crippen LogP) is 2.76. The van der Waals surface area contributed by atoms with Gasteiger partial charge < -0.3 is 15.3 Å². The quantitative estimate of drug-likeness (QED) is 0.765. The van der Waals surface area contributed by atoms with Crippen molar-refractivity contribution >= 4 is 12.0 Å². The molecule has 9 heteroatoms. The lowest BCUT2D eigenvalue weighted by Gasteiger charge is -2.22. The van der Waals surface area contributed by atoms with Gasteiger partial charge in [0.15, 0.2) is 0 Å². The van der Waals surface area contributed by atoms with E-state index in [0.29, 0.717) is 4.90 Å². The smallest absolute Gasteiger partial charge is 0.329 e. The predicted molar refractivity (Wildman–Crippen MR) is 80.8 cm³/mol. The van der Waals surface area contributed by atoms with Crippen molar-refractivity contribution in [2.24, 2.45) is 0 Å². The van der Waals surface area contributed by atoms with Crippen LogP contribution in [0.25, 0.3) is 0 Å². The Bertz CT molecular complexity index is 609. The molecule has 1 aliphatic rings. The summed E-state index contributed by atoms with van der Waals surface area (Å²) in [6.07, 6.45) is 0.0706. The van der Waals surface area contributed by atoms with Crippen LogP contribution in [0.5, 0.6) is 0 Å². The highest BCUT2D eigenvalue weighted by atomic mass is 19.3. The molecule has 0 spiro atoms. The highest BCUT2D eigenvalue weighted by Gasteiger charge is 2.63. The maximum Gasteiger partial charge on any atom is 0.329 e. The molecule has 0 aliphatic carbocycles. The zero-order valence-corrected chi connectivity index (χ0v) is 13.2. The number of carboxylic acid groups (broad SMARTS) is 1. The summed E-state index contributed by atoms with van der Waals surface area (Å²) in [6, 6.07) is 7.09. The van der Waals surface area contributed by atoms with Crippen LogP contribution in [0.3, 0.4) is 0 Å². The molecule has 1 fully saturated rings. The first-order chi connectivity index (χ1) is 11.6. The number of benzene rings is 1. The number of hydrogen-bond donors (Lipinski definition) is 2. The van der Waals surface area contributed by atoms with Gasteiger partial charge in [-0.25, -0.2) is 4.79 Å². The van der Waals surface area contributed by atoms with Gasteiger partial charge in [0.25, 0.3) is 0 Å². The maximum absolute atomic E-state index is 13.2. The summed E-state index contributed by atoms with van der Waals surface area (Å²) >= 11 is 0. The van der Waals surface area contributed by atoms with Gasteiger partial charge in [0.05, 0.1) is 13.1 Å². The number of likely N-dealkylation sites (tertiary alicyclic amines) is 1. The van der Waals surface area contributed by atoms with Gasteiger partial charge in [-0.15, -0.1) is 0 Å². The van der Waals surface area contributed by atoms with E-state index in [1.165, 1.54) is 0 Å². The number of nitrogens with one attached hydrogen (secondary N) is 1. The van der Waals surface area contributed by atoms with Crippen LogP contribution in [0.2, 0.25) is 0 Å². The number of amides is 2. The Labute approximate surface area is 141 Å². The molecular weight excluding hydrogens is 344 g/mol. The molecule has 1 atom stereocenters. The van der Waals surface area contributed by atoms with Gasteiger partial charge in [-0.3, -0.25) is 4.79 Å². The van der Waals surface area contributed by atoms with E-state index in [4.69, 9.17) is 5.11 Å². The lowest BCUT2D eigenvalue weighted by atomic mass is 10.0. The Balaban J connectivity index is 2.03. The van der Waals surface area contributed by atoms with Crippen molar-refractivity contribution in [3.05, 3.63) is 35.9 Å². The van der Waals surface area contributed by atoms with Crippen LogP contribution in [-0.4, -0.2) is 53.0 Å². The van der Waals surface area contributed by atoms with Crippen LogP contribution in [-0.2, 0) is 11.2 Å². The first-order valence-electron chi connectivity index (χ1n) is 7.67. The average molecular weight is 362 g/mol. The van der Waals surface area contributed by atoms with Crippen molar-refractivity contribution in [3.63, 3.8) is 0 Å². The van der Waals surface area contributed by atoms with Crippen molar-refractivity contribution in [3.8, 4) is 0 Å². The third kappa shape index (κ3) is 4.83. The summed E-state index contributed by atoms with van der Waals surface area (Å²) in [5.41, 5.74) is 0.801. The molecule has 1 heterocycles. The second kappa shape index (κ2) is 7.28. The van der Waals surface area contributed by atoms with Crippen molar-refractivity contribution in [2.75, 3.05) is 13.1 Å². The van der Waals surface area contributed by atoms with E-state index in [-0.39, 0.29) is 19.3 Å². The Morgan fingerprint density at radius 3 is 2.20 bits per heavy atom. The molecule has 1 saturated heterocycles. The number of alkyl halides is 4. The number of nitrogens with zero attached hydrogens (tertiary/aromatic N) is 1. The molecule has 25 heavy (non-hydrogen) atoms. The Morgan fingerprint density at radius 1 is 1.12 bits per heavy atom. The van der Waals surface area contributed by atoms with E-state index in [2.05, 4.69) is 5.32 Å². The zero-order chi connectivity index (χ0) is 18.7. The molecule has 2 rings (SSSR count). The third-order valence-electron chi connectivity index (χ3n) is 3.96. The number of hydrogen-bond acceptors (Lipinski definition) is 2. The number of aliphatic carboxylic acids is 1. The molecule has 1 aliphatic heterocycles. The minimum absolute atomic E-state index is 0.0522. The van der Waals surface area contributed by atoms with E-state index >= 15 is 0 Å². The molecule has 0 saturated carbocycles. The van der Waals surface area contributed by atoms with Crippen molar-refractivity contribution in [2.45, 2.75) is 37.1 Å². The highest BCUT2D eigenvalue weighted by molar-refractivity contribution is 5.75. The van der Waals surface area contributed by atoms with E-state index in [1.54, 1.807) is 30.3 Å². The number of carboxylic acids is 1. The molecule has 5 nitrogen and oxygen atoms in total. The lowest BCUT2D eigenvalue weighted by molar-refractivity contribution is -0.172. The van der Waals surface area contributed by atoms with Crippen LogP contribution >= 0.6 is 0 Å². The van der Waals surface area contributed by atoms with Gasteiger partial charge in [-0.2, -0.15) is 17.6 Å². The van der Waals surface area contributed by atoms with E-state index in [0.717, 1.165) is 5.56 Å². The number of halogens is 4. The fraction of sp³-hybridized carbons (Fsp3) is 0.500. The van der Waals surface area contributed by atoms with Crippen LogP contribution < -0.4 is 5.32 Å². The number of carbonyl (C=O) groups excluding carboxylic acids is 1. The second-order valence-electron chi connectivity index (χ2n) is 6.03. The van der Waals surface area contributed by atoms with Crippen molar-refractivity contribution < 1.29 is 32.3 Å². The Hall–Kier alpha value is -2.32. The van der Waals surface area contributed by atoms with Crippen molar-refractivity contribution in [1.29, 1.82) is 0 Å². The van der Waals surface area contributed by atoms with Gasteiger partial charge in [0, 0.05) is 12.5 Å². The normalized spacial score (nSPS) is 19.4. The summed E-state index contributed by atoms with van der Waals surface area (Å²) in [5, 5.41) is 11.2. The summed E-state index contributed by atoms with van der Waals surface area (Å²) in [6.45, 7) is -2.74. The molecule has 1 aromatic rings. The SMILES string of the molecule is O=C(O)CCC(Cc1ccccc1)NC(=O)N1CC(F)(F)C(F)(F)C1. The summed E-state index contributed by atoms with van der Waals surface area (Å²) < 4.78 is 52.9. The molecule has 138 valence electrons. The van der Waals surface area contributed by atoms with Crippen LogP contribution in [0, 0.1) is 0 Å². The minimum Gasteiger partial charge on any atom is -0.481 e. The zero-order valence-electron chi connectivity index (χ0n) is 13.2.